The number of imidazole rings is 1. The van der Waals surface area contributed by atoms with Crippen LogP contribution < -0.4 is 11.1 Å². The lowest BCUT2D eigenvalue weighted by molar-refractivity contribution is -0.121. The van der Waals surface area contributed by atoms with Gasteiger partial charge in [0, 0.05) is 43.9 Å². The lowest BCUT2D eigenvalue weighted by Gasteiger charge is -2.09. The van der Waals surface area contributed by atoms with Gasteiger partial charge in [0.1, 0.15) is 12.4 Å². The molecule has 0 aliphatic heterocycles. The fourth-order valence-electron chi connectivity index (χ4n) is 1.98. The van der Waals surface area contributed by atoms with Crippen LogP contribution in [0.3, 0.4) is 0 Å². The van der Waals surface area contributed by atoms with Gasteiger partial charge in [-0.1, -0.05) is 0 Å². The molecule has 0 saturated heterocycles. The van der Waals surface area contributed by atoms with Crippen molar-refractivity contribution in [2.75, 3.05) is 26.0 Å². The van der Waals surface area contributed by atoms with Crippen LogP contribution in [0.2, 0.25) is 0 Å². The zero-order valence-corrected chi connectivity index (χ0v) is 12.1. The standard InChI is InChI=1S/C15H20N4O2/c1-21-10-2-7-17-14(20)11-19-9-8-18-15(19)12-3-5-13(16)6-4-12/h3-6,8-9H,2,7,10-11,16H2,1H3,(H,17,20). The van der Waals surface area contributed by atoms with E-state index in [0.717, 1.165) is 17.8 Å². The minimum absolute atomic E-state index is 0.0409. The summed E-state index contributed by atoms with van der Waals surface area (Å²) < 4.78 is 6.76. The van der Waals surface area contributed by atoms with Crippen molar-refractivity contribution in [1.29, 1.82) is 0 Å². The summed E-state index contributed by atoms with van der Waals surface area (Å²) in [6.07, 6.45) is 4.28. The normalized spacial score (nSPS) is 10.5. The summed E-state index contributed by atoms with van der Waals surface area (Å²) in [4.78, 5) is 16.2. The Morgan fingerprint density at radius 2 is 2.14 bits per heavy atom. The van der Waals surface area contributed by atoms with Crippen LogP contribution in [0.25, 0.3) is 11.4 Å². The molecule has 1 aromatic carbocycles. The van der Waals surface area contributed by atoms with Gasteiger partial charge in [-0.2, -0.15) is 0 Å². The van der Waals surface area contributed by atoms with E-state index >= 15 is 0 Å². The van der Waals surface area contributed by atoms with Gasteiger partial charge in [-0.05, 0) is 30.7 Å². The van der Waals surface area contributed by atoms with E-state index in [4.69, 9.17) is 10.5 Å². The Morgan fingerprint density at radius 3 is 2.86 bits per heavy atom. The molecule has 0 bridgehead atoms. The Bertz CT molecular complexity index is 578. The van der Waals surface area contributed by atoms with Gasteiger partial charge in [-0.15, -0.1) is 0 Å². The number of nitrogens with one attached hydrogen (secondary N) is 1. The first-order chi connectivity index (χ1) is 10.2. The van der Waals surface area contributed by atoms with Gasteiger partial charge in [0.2, 0.25) is 5.91 Å². The number of aromatic nitrogens is 2. The summed E-state index contributed by atoms with van der Waals surface area (Å²) in [6, 6.07) is 7.42. The van der Waals surface area contributed by atoms with Crippen molar-refractivity contribution in [3.05, 3.63) is 36.7 Å². The molecule has 0 radical (unpaired) electrons. The number of benzene rings is 1. The number of nitrogens with two attached hydrogens (primary N) is 1. The van der Waals surface area contributed by atoms with Gasteiger partial charge < -0.3 is 20.4 Å². The maximum Gasteiger partial charge on any atom is 0.239 e. The van der Waals surface area contributed by atoms with Crippen LogP contribution in [-0.4, -0.2) is 35.7 Å². The Labute approximate surface area is 123 Å². The molecule has 0 saturated carbocycles. The molecule has 21 heavy (non-hydrogen) atoms. The zero-order valence-electron chi connectivity index (χ0n) is 12.1. The third-order valence-electron chi connectivity index (χ3n) is 3.05. The molecule has 6 nitrogen and oxygen atoms in total. The van der Waals surface area contributed by atoms with E-state index in [-0.39, 0.29) is 12.5 Å². The van der Waals surface area contributed by atoms with Crippen LogP contribution in [0.5, 0.6) is 0 Å². The first-order valence-electron chi connectivity index (χ1n) is 6.83. The Balaban J connectivity index is 1.97. The van der Waals surface area contributed by atoms with Gasteiger partial charge in [0.25, 0.3) is 0 Å². The quantitative estimate of drug-likeness (QED) is 0.594. The van der Waals surface area contributed by atoms with Crippen molar-refractivity contribution < 1.29 is 9.53 Å². The van der Waals surface area contributed by atoms with Crippen molar-refractivity contribution in [2.45, 2.75) is 13.0 Å². The van der Waals surface area contributed by atoms with E-state index < -0.39 is 0 Å². The van der Waals surface area contributed by atoms with Gasteiger partial charge in [0.05, 0.1) is 0 Å². The molecular formula is C15H20N4O2. The average Bonchev–Trinajstić information content (AvgIpc) is 2.92. The predicted molar refractivity (Wildman–Crippen MR) is 81.6 cm³/mol. The van der Waals surface area contributed by atoms with E-state index in [1.807, 2.05) is 28.8 Å². The predicted octanol–water partition coefficient (Wildman–Crippen LogP) is 1.28. The number of rotatable bonds is 7. The monoisotopic (exact) mass is 288 g/mol. The number of hydrogen-bond donors (Lipinski definition) is 2. The molecule has 0 fully saturated rings. The number of anilines is 1. The molecule has 6 heteroatoms. The fourth-order valence-corrected chi connectivity index (χ4v) is 1.98. The molecule has 3 N–H and O–H groups in total. The van der Waals surface area contributed by atoms with Gasteiger partial charge in [0.15, 0.2) is 0 Å². The second kappa shape index (κ2) is 7.44. The highest BCUT2D eigenvalue weighted by atomic mass is 16.5. The highest BCUT2D eigenvalue weighted by Crippen LogP contribution is 2.18. The number of carbonyl (C=O) groups is 1. The smallest absolute Gasteiger partial charge is 0.239 e. The summed E-state index contributed by atoms with van der Waals surface area (Å²) >= 11 is 0. The number of carbonyl (C=O) groups excluding carboxylic acids is 1. The number of ether oxygens (including phenoxy) is 1. The minimum Gasteiger partial charge on any atom is -0.399 e. The molecular weight excluding hydrogens is 268 g/mol. The molecule has 1 amide bonds. The maximum absolute atomic E-state index is 11.9. The highest BCUT2D eigenvalue weighted by Gasteiger charge is 2.09. The second-order valence-electron chi connectivity index (χ2n) is 4.70. The Morgan fingerprint density at radius 1 is 1.38 bits per heavy atom. The van der Waals surface area contributed by atoms with E-state index in [0.29, 0.717) is 18.8 Å². The largest absolute Gasteiger partial charge is 0.399 e. The molecule has 2 rings (SSSR count). The summed E-state index contributed by atoms with van der Waals surface area (Å²) in [5.74, 6) is 0.711. The summed E-state index contributed by atoms with van der Waals surface area (Å²) in [5, 5.41) is 2.86. The van der Waals surface area contributed by atoms with Crippen LogP contribution in [0.4, 0.5) is 5.69 Å². The van der Waals surface area contributed by atoms with Crippen LogP contribution in [0.1, 0.15) is 6.42 Å². The maximum atomic E-state index is 11.9. The first-order valence-corrected chi connectivity index (χ1v) is 6.83. The third-order valence-corrected chi connectivity index (χ3v) is 3.05. The van der Waals surface area contributed by atoms with E-state index in [1.165, 1.54) is 0 Å². The SMILES string of the molecule is COCCCNC(=O)Cn1ccnc1-c1ccc(N)cc1. The Hall–Kier alpha value is -2.34. The minimum atomic E-state index is -0.0409. The Kier molecular flexibility index (Phi) is 5.34. The second-order valence-corrected chi connectivity index (χ2v) is 4.70. The summed E-state index contributed by atoms with van der Waals surface area (Å²) in [7, 11) is 1.65. The molecule has 0 unspecified atom stereocenters. The topological polar surface area (TPSA) is 82.2 Å². The molecule has 1 aromatic heterocycles. The van der Waals surface area contributed by atoms with Crippen LogP contribution in [-0.2, 0) is 16.1 Å². The van der Waals surface area contributed by atoms with Gasteiger partial charge in [-0.3, -0.25) is 4.79 Å². The van der Waals surface area contributed by atoms with Crippen molar-refractivity contribution in [3.8, 4) is 11.4 Å². The van der Waals surface area contributed by atoms with Crippen molar-refractivity contribution in [3.63, 3.8) is 0 Å². The van der Waals surface area contributed by atoms with E-state index in [2.05, 4.69) is 10.3 Å². The first kappa shape index (κ1) is 15.1. The lowest BCUT2D eigenvalue weighted by Crippen LogP contribution is -2.29. The molecule has 0 aliphatic rings. The van der Waals surface area contributed by atoms with E-state index in [1.54, 1.807) is 19.5 Å². The lowest BCUT2D eigenvalue weighted by atomic mass is 10.2. The average molecular weight is 288 g/mol. The van der Waals surface area contributed by atoms with Crippen molar-refractivity contribution >= 4 is 11.6 Å². The van der Waals surface area contributed by atoms with E-state index in [9.17, 15) is 4.79 Å². The highest BCUT2D eigenvalue weighted by molar-refractivity contribution is 5.76. The molecule has 112 valence electrons. The van der Waals surface area contributed by atoms with Crippen molar-refractivity contribution in [1.82, 2.24) is 14.9 Å². The number of hydrogen-bond acceptors (Lipinski definition) is 4. The van der Waals surface area contributed by atoms with Crippen LogP contribution in [0.15, 0.2) is 36.7 Å². The number of nitrogens with zero attached hydrogens (tertiary/aromatic N) is 2. The molecule has 0 aliphatic carbocycles. The number of nitrogen functional groups attached to an aromatic ring is 1. The van der Waals surface area contributed by atoms with Crippen molar-refractivity contribution in [2.24, 2.45) is 0 Å². The summed E-state index contributed by atoms with van der Waals surface area (Å²) in [6.45, 7) is 1.49. The molecule has 2 aromatic rings. The fraction of sp³-hybridized carbons (Fsp3) is 0.333. The molecule has 0 spiro atoms. The molecule has 0 atom stereocenters. The van der Waals surface area contributed by atoms with Crippen LogP contribution >= 0.6 is 0 Å². The van der Waals surface area contributed by atoms with Crippen LogP contribution in [0, 0.1) is 0 Å². The third kappa shape index (κ3) is 4.32. The van der Waals surface area contributed by atoms with Gasteiger partial charge >= 0.3 is 0 Å². The zero-order chi connectivity index (χ0) is 15.1. The number of amides is 1. The van der Waals surface area contributed by atoms with Gasteiger partial charge in [-0.25, -0.2) is 4.98 Å². The molecule has 1 heterocycles. The summed E-state index contributed by atoms with van der Waals surface area (Å²) in [5.41, 5.74) is 7.31. The number of methoxy groups -OCH3 is 1.